The van der Waals surface area contributed by atoms with Gasteiger partial charge in [-0.15, -0.1) is 0 Å². The third kappa shape index (κ3) is 2.97. The second-order valence-electron chi connectivity index (χ2n) is 8.07. The molecule has 0 spiro atoms. The number of carbonyl (C=O) groups is 3. The molecule has 0 radical (unpaired) electrons. The summed E-state index contributed by atoms with van der Waals surface area (Å²) in [5.74, 6) is -1.42. The summed E-state index contributed by atoms with van der Waals surface area (Å²) in [6, 6.07) is 0. The molecule has 26 heavy (non-hydrogen) atoms. The monoisotopic (exact) mass is 366 g/mol. The van der Waals surface area contributed by atoms with Gasteiger partial charge in [0.2, 0.25) is 0 Å². The summed E-state index contributed by atoms with van der Waals surface area (Å²) in [4.78, 5) is 35.3. The summed E-state index contributed by atoms with van der Waals surface area (Å²) in [5, 5.41) is 10.7. The van der Waals surface area contributed by atoms with Crippen LogP contribution < -0.4 is 0 Å². The first-order chi connectivity index (χ1) is 12.0. The molecule has 1 aliphatic heterocycles. The lowest BCUT2D eigenvalue weighted by molar-refractivity contribution is -0.151. The highest BCUT2D eigenvalue weighted by molar-refractivity contribution is 5.96. The second-order valence-corrected chi connectivity index (χ2v) is 8.07. The normalized spacial score (nSPS) is 37.6. The molecule has 3 rings (SSSR count). The van der Waals surface area contributed by atoms with Gasteiger partial charge in [-0.3, -0.25) is 14.4 Å². The van der Waals surface area contributed by atoms with E-state index in [9.17, 15) is 19.5 Å². The van der Waals surface area contributed by atoms with E-state index in [1.54, 1.807) is 0 Å². The minimum atomic E-state index is -1.41. The Morgan fingerprint density at radius 3 is 2.50 bits per heavy atom. The molecular weight excluding hydrogens is 340 g/mol. The third-order valence-corrected chi connectivity index (χ3v) is 6.32. The highest BCUT2D eigenvalue weighted by Crippen LogP contribution is 2.65. The molecule has 1 heterocycles. The average Bonchev–Trinajstić information content (AvgIpc) is 2.91. The van der Waals surface area contributed by atoms with Crippen molar-refractivity contribution in [3.05, 3.63) is 11.6 Å². The first-order valence-corrected chi connectivity index (χ1v) is 8.94. The predicted molar refractivity (Wildman–Crippen MR) is 90.0 cm³/mol. The minimum absolute atomic E-state index is 0.0801. The van der Waals surface area contributed by atoms with Crippen molar-refractivity contribution in [3.8, 4) is 0 Å². The molecule has 144 valence electrons. The fourth-order valence-corrected chi connectivity index (χ4v) is 4.57. The van der Waals surface area contributed by atoms with Crippen molar-refractivity contribution in [3.63, 3.8) is 0 Å². The van der Waals surface area contributed by atoms with Crippen LogP contribution in [-0.4, -0.2) is 53.3 Å². The lowest BCUT2D eigenvalue weighted by Crippen LogP contribution is -2.47. The van der Waals surface area contributed by atoms with E-state index in [4.69, 9.17) is 14.2 Å². The Morgan fingerprint density at radius 2 is 2.00 bits per heavy atom. The van der Waals surface area contributed by atoms with E-state index in [1.807, 2.05) is 6.92 Å². The van der Waals surface area contributed by atoms with Gasteiger partial charge in [-0.1, -0.05) is 0 Å². The smallest absolute Gasteiger partial charge is 0.302 e. The predicted octanol–water partition coefficient (Wildman–Crippen LogP) is 1.32. The van der Waals surface area contributed by atoms with E-state index in [-0.39, 0.29) is 25.1 Å². The zero-order chi connectivity index (χ0) is 19.3. The van der Waals surface area contributed by atoms with E-state index < -0.39 is 34.5 Å². The number of ketones is 1. The average molecular weight is 366 g/mol. The molecular formula is C19H26O7. The van der Waals surface area contributed by atoms with Crippen LogP contribution in [0.4, 0.5) is 0 Å². The zero-order valence-electron chi connectivity index (χ0n) is 15.7. The van der Waals surface area contributed by atoms with Crippen molar-refractivity contribution in [1.82, 2.24) is 0 Å². The number of carbonyl (C=O) groups excluding carboxylic acids is 3. The Kier molecular flexibility index (Phi) is 4.51. The zero-order valence-corrected chi connectivity index (χ0v) is 15.7. The summed E-state index contributed by atoms with van der Waals surface area (Å²) < 4.78 is 16.1. The van der Waals surface area contributed by atoms with Gasteiger partial charge in [-0.05, 0) is 44.8 Å². The van der Waals surface area contributed by atoms with E-state index in [2.05, 4.69) is 0 Å². The first-order valence-electron chi connectivity index (χ1n) is 8.94. The summed E-state index contributed by atoms with van der Waals surface area (Å²) in [7, 11) is 0. The van der Waals surface area contributed by atoms with Crippen LogP contribution in [0.25, 0.3) is 0 Å². The molecule has 0 aromatic heterocycles. The van der Waals surface area contributed by atoms with Gasteiger partial charge in [0.25, 0.3) is 0 Å². The maximum Gasteiger partial charge on any atom is 0.302 e. The first kappa shape index (κ1) is 19.0. The largest absolute Gasteiger partial charge is 0.465 e. The van der Waals surface area contributed by atoms with Gasteiger partial charge in [0.05, 0.1) is 6.10 Å². The van der Waals surface area contributed by atoms with Gasteiger partial charge in [0.1, 0.15) is 24.4 Å². The lowest BCUT2D eigenvalue weighted by atomic mass is 9.66. The van der Waals surface area contributed by atoms with Crippen LogP contribution in [-0.2, 0) is 28.6 Å². The summed E-state index contributed by atoms with van der Waals surface area (Å²) >= 11 is 0. The van der Waals surface area contributed by atoms with Crippen molar-refractivity contribution in [2.45, 2.75) is 64.3 Å². The van der Waals surface area contributed by atoms with Crippen LogP contribution in [0.3, 0.4) is 0 Å². The van der Waals surface area contributed by atoms with Crippen molar-refractivity contribution in [1.29, 1.82) is 0 Å². The van der Waals surface area contributed by atoms with E-state index >= 15 is 0 Å². The van der Waals surface area contributed by atoms with Gasteiger partial charge in [-0.2, -0.15) is 0 Å². The molecule has 0 bridgehead atoms. The summed E-state index contributed by atoms with van der Waals surface area (Å²) in [6.07, 6.45) is 3.41. The number of hydrogen-bond donors (Lipinski definition) is 1. The quantitative estimate of drug-likeness (QED) is 0.558. The molecule has 1 saturated heterocycles. The van der Waals surface area contributed by atoms with Crippen LogP contribution in [0.5, 0.6) is 0 Å². The maximum atomic E-state index is 12.8. The number of ether oxygens (including phenoxy) is 3. The molecule has 3 aliphatic rings. The molecule has 0 amide bonds. The van der Waals surface area contributed by atoms with Gasteiger partial charge in [0.15, 0.2) is 5.78 Å². The molecule has 7 heteroatoms. The minimum Gasteiger partial charge on any atom is -0.465 e. The molecule has 0 aromatic carbocycles. The number of esters is 2. The highest BCUT2D eigenvalue weighted by atomic mass is 16.6. The third-order valence-electron chi connectivity index (χ3n) is 6.32. The SMILES string of the molecule is CC(=O)OCC(C)(O)C1=CC(=O)C(C2(COC(C)=O)CCC3OC32C)C1. The standard InChI is InChI=1S/C19H26O7/c1-11(20)24-9-17(3,23)13-7-14(15(22)8-13)19(10-25-12(2)21)6-5-16-18(19,4)26-16/h8,14,16,23H,5-7,9-10H2,1-4H3. The fourth-order valence-electron chi connectivity index (χ4n) is 4.57. The van der Waals surface area contributed by atoms with Crippen molar-refractivity contribution in [2.75, 3.05) is 13.2 Å². The van der Waals surface area contributed by atoms with Crippen molar-refractivity contribution >= 4 is 17.7 Å². The van der Waals surface area contributed by atoms with E-state index in [0.29, 0.717) is 12.0 Å². The summed E-state index contributed by atoms with van der Waals surface area (Å²) in [5.41, 5.74) is -1.98. The second kappa shape index (κ2) is 6.16. The van der Waals surface area contributed by atoms with Gasteiger partial charge >= 0.3 is 11.9 Å². The van der Waals surface area contributed by atoms with Crippen LogP contribution in [0.1, 0.15) is 47.0 Å². The number of fused-ring (bicyclic) bond motifs is 1. The van der Waals surface area contributed by atoms with Crippen LogP contribution >= 0.6 is 0 Å². The Balaban J connectivity index is 1.81. The number of epoxide rings is 1. The van der Waals surface area contributed by atoms with Gasteiger partial charge < -0.3 is 19.3 Å². The molecule has 1 saturated carbocycles. The molecule has 0 aromatic rings. The number of hydrogen-bond acceptors (Lipinski definition) is 7. The Bertz CT molecular complexity index is 677. The van der Waals surface area contributed by atoms with Crippen molar-refractivity contribution < 1.29 is 33.7 Å². The Labute approximate surface area is 152 Å². The molecule has 1 N–H and O–H groups in total. The maximum absolute atomic E-state index is 12.8. The molecule has 5 unspecified atom stereocenters. The summed E-state index contributed by atoms with van der Waals surface area (Å²) in [6.45, 7) is 6.03. The number of aliphatic hydroxyl groups is 1. The molecule has 2 fully saturated rings. The topological polar surface area (TPSA) is 102 Å². The van der Waals surface area contributed by atoms with Crippen LogP contribution in [0.2, 0.25) is 0 Å². The van der Waals surface area contributed by atoms with Gasteiger partial charge in [0, 0.05) is 25.2 Å². The molecule has 7 nitrogen and oxygen atoms in total. The number of rotatable bonds is 6. The molecule has 5 atom stereocenters. The van der Waals surface area contributed by atoms with Crippen LogP contribution in [0.15, 0.2) is 11.6 Å². The number of allylic oxidation sites excluding steroid dienone is 1. The Hall–Kier alpha value is -1.73. The highest BCUT2D eigenvalue weighted by Gasteiger charge is 2.73. The Morgan fingerprint density at radius 1 is 1.35 bits per heavy atom. The van der Waals surface area contributed by atoms with Gasteiger partial charge in [-0.25, -0.2) is 0 Å². The fraction of sp³-hybridized carbons (Fsp3) is 0.737. The lowest BCUT2D eigenvalue weighted by Gasteiger charge is -2.39. The van der Waals surface area contributed by atoms with Crippen molar-refractivity contribution in [2.24, 2.45) is 11.3 Å². The molecule has 2 aliphatic carbocycles. The van der Waals surface area contributed by atoms with E-state index in [1.165, 1.54) is 26.8 Å². The van der Waals surface area contributed by atoms with E-state index in [0.717, 1.165) is 12.8 Å². The van der Waals surface area contributed by atoms with Crippen LogP contribution in [0, 0.1) is 11.3 Å².